The van der Waals surface area contributed by atoms with Crippen molar-refractivity contribution in [1.82, 2.24) is 30.5 Å². The van der Waals surface area contributed by atoms with E-state index in [4.69, 9.17) is 4.84 Å². The van der Waals surface area contributed by atoms with Gasteiger partial charge in [0, 0.05) is 51.8 Å². The van der Waals surface area contributed by atoms with Crippen LogP contribution in [0, 0.1) is 0 Å². The van der Waals surface area contributed by atoms with Gasteiger partial charge in [0.2, 0.25) is 11.9 Å². The van der Waals surface area contributed by atoms with Gasteiger partial charge in [-0.2, -0.15) is 13.9 Å². The normalized spacial score (nSPS) is 17.3. The fourth-order valence-corrected chi connectivity index (χ4v) is 4.15. The first-order valence-corrected chi connectivity index (χ1v) is 11.8. The molecule has 11 nitrogen and oxygen atoms in total. The largest absolute Gasteiger partial charge is 0.435 e. The number of anilines is 1. The standard InChI is InChI=1S/C23H29F2N7O4/c1-16(33)31-8-6-19(7-9-31)36-29-21(34)15-30-10-12-32(13-11-30)23-27-20(14-26-28-23)17-2-4-18(5-3-17)35-22(24)25/h2-5,14,19,22H,6-13,15H2,1H3,(H,29,34). The zero-order chi connectivity index (χ0) is 25.5. The molecule has 2 fully saturated rings. The number of piperidine rings is 1. The number of nitrogens with zero attached hydrogens (tertiary/aromatic N) is 6. The quantitative estimate of drug-likeness (QED) is 0.531. The molecule has 0 radical (unpaired) electrons. The molecule has 0 atom stereocenters. The van der Waals surface area contributed by atoms with Crippen LogP contribution in [0.4, 0.5) is 14.7 Å². The molecule has 2 amide bonds. The van der Waals surface area contributed by atoms with Gasteiger partial charge in [0.25, 0.3) is 5.91 Å². The van der Waals surface area contributed by atoms with Crippen LogP contribution in [0.25, 0.3) is 11.3 Å². The molecule has 36 heavy (non-hydrogen) atoms. The highest BCUT2D eigenvalue weighted by molar-refractivity contribution is 5.77. The maximum Gasteiger partial charge on any atom is 0.387 e. The number of piperazine rings is 1. The van der Waals surface area contributed by atoms with E-state index in [-0.39, 0.29) is 30.2 Å². The van der Waals surface area contributed by atoms with Crippen molar-refractivity contribution in [1.29, 1.82) is 0 Å². The number of nitrogens with one attached hydrogen (secondary N) is 1. The Morgan fingerprint density at radius 2 is 1.78 bits per heavy atom. The first-order chi connectivity index (χ1) is 17.4. The third-order valence-corrected chi connectivity index (χ3v) is 6.17. The van der Waals surface area contributed by atoms with Crippen molar-refractivity contribution in [2.24, 2.45) is 0 Å². The van der Waals surface area contributed by atoms with E-state index in [0.717, 1.165) is 0 Å². The Labute approximate surface area is 207 Å². The number of hydroxylamine groups is 1. The third kappa shape index (κ3) is 7.04. The molecule has 4 rings (SSSR count). The summed E-state index contributed by atoms with van der Waals surface area (Å²) in [4.78, 5) is 39.6. The van der Waals surface area contributed by atoms with E-state index in [2.05, 4.69) is 25.4 Å². The first-order valence-electron chi connectivity index (χ1n) is 11.8. The minimum Gasteiger partial charge on any atom is -0.435 e. The van der Waals surface area contributed by atoms with Crippen LogP contribution in [-0.2, 0) is 14.4 Å². The molecule has 0 unspecified atom stereocenters. The molecule has 13 heteroatoms. The molecular weight excluding hydrogens is 476 g/mol. The van der Waals surface area contributed by atoms with Crippen LogP contribution >= 0.6 is 0 Å². The number of rotatable bonds is 8. The van der Waals surface area contributed by atoms with Crippen LogP contribution in [0.2, 0.25) is 0 Å². The van der Waals surface area contributed by atoms with Gasteiger partial charge in [0.05, 0.1) is 24.5 Å². The van der Waals surface area contributed by atoms with E-state index in [1.54, 1.807) is 24.0 Å². The van der Waals surface area contributed by atoms with E-state index >= 15 is 0 Å². The summed E-state index contributed by atoms with van der Waals surface area (Å²) in [5.41, 5.74) is 3.81. The van der Waals surface area contributed by atoms with Gasteiger partial charge < -0.3 is 14.5 Å². The molecule has 194 valence electrons. The summed E-state index contributed by atoms with van der Waals surface area (Å²) < 4.78 is 29.1. The lowest BCUT2D eigenvalue weighted by Crippen LogP contribution is -2.50. The van der Waals surface area contributed by atoms with Crippen LogP contribution < -0.4 is 15.1 Å². The topological polar surface area (TPSA) is 113 Å². The highest BCUT2D eigenvalue weighted by Crippen LogP contribution is 2.23. The fourth-order valence-electron chi connectivity index (χ4n) is 4.15. The molecule has 0 saturated carbocycles. The number of aromatic nitrogens is 3. The van der Waals surface area contributed by atoms with Crippen LogP contribution in [0.3, 0.4) is 0 Å². The second-order valence-electron chi connectivity index (χ2n) is 8.66. The number of carbonyl (C=O) groups is 2. The highest BCUT2D eigenvalue weighted by Gasteiger charge is 2.24. The summed E-state index contributed by atoms with van der Waals surface area (Å²) >= 11 is 0. The number of benzene rings is 1. The molecule has 3 heterocycles. The van der Waals surface area contributed by atoms with Gasteiger partial charge in [-0.25, -0.2) is 10.5 Å². The predicted octanol–water partition coefficient (Wildman–Crippen LogP) is 1.32. The molecule has 2 aliphatic rings. The molecule has 1 N–H and O–H groups in total. The van der Waals surface area contributed by atoms with Gasteiger partial charge >= 0.3 is 6.61 Å². The van der Waals surface area contributed by atoms with Gasteiger partial charge in [0.1, 0.15) is 5.75 Å². The maximum absolute atomic E-state index is 12.3. The van der Waals surface area contributed by atoms with E-state index in [0.29, 0.717) is 69.3 Å². The SMILES string of the molecule is CC(=O)N1CCC(ONC(=O)CN2CCN(c3nncc(-c4ccc(OC(F)F)cc4)n3)CC2)CC1. The van der Waals surface area contributed by atoms with Gasteiger partial charge in [-0.3, -0.25) is 19.3 Å². The van der Waals surface area contributed by atoms with Gasteiger partial charge in [-0.05, 0) is 37.1 Å². The Kier molecular flexibility index (Phi) is 8.54. The minimum atomic E-state index is -2.88. The molecule has 1 aromatic heterocycles. The van der Waals surface area contributed by atoms with Crippen molar-refractivity contribution in [3.8, 4) is 17.0 Å². The van der Waals surface area contributed by atoms with Crippen LogP contribution in [0.15, 0.2) is 30.5 Å². The van der Waals surface area contributed by atoms with E-state index in [1.807, 2.05) is 9.80 Å². The summed E-state index contributed by atoms with van der Waals surface area (Å²) in [5, 5.41) is 8.16. The highest BCUT2D eigenvalue weighted by atomic mass is 19.3. The molecule has 0 spiro atoms. The van der Waals surface area contributed by atoms with Crippen LogP contribution in [0.1, 0.15) is 19.8 Å². The third-order valence-electron chi connectivity index (χ3n) is 6.17. The monoisotopic (exact) mass is 505 g/mol. The lowest BCUT2D eigenvalue weighted by molar-refractivity contribution is -0.145. The zero-order valence-electron chi connectivity index (χ0n) is 20.0. The van der Waals surface area contributed by atoms with Gasteiger partial charge in [-0.15, -0.1) is 5.10 Å². The van der Waals surface area contributed by atoms with Crippen molar-refractivity contribution in [2.75, 3.05) is 50.7 Å². The lowest BCUT2D eigenvalue weighted by Gasteiger charge is -2.34. The summed E-state index contributed by atoms with van der Waals surface area (Å²) in [5.74, 6) is 0.377. The summed E-state index contributed by atoms with van der Waals surface area (Å²) in [7, 11) is 0. The number of ether oxygens (including phenoxy) is 1. The van der Waals surface area contributed by atoms with Crippen molar-refractivity contribution in [3.05, 3.63) is 30.5 Å². The molecule has 2 aromatic rings. The average molecular weight is 506 g/mol. The molecule has 0 aliphatic carbocycles. The van der Waals surface area contributed by atoms with E-state index in [9.17, 15) is 18.4 Å². The zero-order valence-corrected chi connectivity index (χ0v) is 20.0. The van der Waals surface area contributed by atoms with E-state index in [1.165, 1.54) is 18.3 Å². The number of carbonyl (C=O) groups excluding carboxylic acids is 2. The number of hydrogen-bond donors (Lipinski definition) is 1. The Morgan fingerprint density at radius 1 is 1.08 bits per heavy atom. The number of amides is 2. The van der Waals surface area contributed by atoms with Crippen LogP contribution in [0.5, 0.6) is 5.75 Å². The second kappa shape index (κ2) is 12.0. The number of hydrogen-bond acceptors (Lipinski definition) is 9. The smallest absolute Gasteiger partial charge is 0.387 e. The summed E-state index contributed by atoms with van der Waals surface area (Å²) in [6, 6.07) is 6.17. The molecule has 0 bridgehead atoms. The minimum absolute atomic E-state index is 0.0564. The maximum atomic E-state index is 12.3. The van der Waals surface area contributed by atoms with Crippen molar-refractivity contribution in [3.63, 3.8) is 0 Å². The Bertz CT molecular complexity index is 1030. The molecular formula is C23H29F2N7O4. The predicted molar refractivity (Wildman–Crippen MR) is 125 cm³/mol. The Balaban J connectivity index is 1.22. The van der Waals surface area contributed by atoms with Crippen molar-refractivity contribution < 1.29 is 27.9 Å². The fraction of sp³-hybridized carbons (Fsp3) is 0.522. The Hall–Kier alpha value is -3.45. The van der Waals surface area contributed by atoms with E-state index < -0.39 is 6.61 Å². The van der Waals surface area contributed by atoms with Crippen molar-refractivity contribution in [2.45, 2.75) is 32.5 Å². The van der Waals surface area contributed by atoms with Crippen LogP contribution in [-0.4, -0.2) is 95.3 Å². The Morgan fingerprint density at radius 3 is 2.42 bits per heavy atom. The number of alkyl halides is 2. The molecule has 2 aliphatic heterocycles. The molecule has 1 aromatic carbocycles. The first kappa shape index (κ1) is 25.6. The number of halogens is 2. The average Bonchev–Trinajstić information content (AvgIpc) is 2.88. The second-order valence-corrected chi connectivity index (χ2v) is 8.66. The molecule has 2 saturated heterocycles. The summed E-state index contributed by atoms with van der Waals surface area (Å²) in [6.45, 7) is 2.66. The lowest BCUT2D eigenvalue weighted by atomic mass is 10.1. The van der Waals surface area contributed by atoms with Crippen molar-refractivity contribution >= 4 is 17.8 Å². The number of likely N-dealkylation sites (tertiary alicyclic amines) is 1. The summed E-state index contributed by atoms with van der Waals surface area (Å²) in [6.07, 6.45) is 2.81. The van der Waals surface area contributed by atoms with Gasteiger partial charge in [-0.1, -0.05) is 0 Å². The van der Waals surface area contributed by atoms with Gasteiger partial charge in [0.15, 0.2) is 0 Å².